The molecule has 1 rings (SSSR count). The molecule has 1 heterocycles. The second-order valence-corrected chi connectivity index (χ2v) is 3.24. The highest BCUT2D eigenvalue weighted by Gasteiger charge is 2.80. The van der Waals surface area contributed by atoms with Gasteiger partial charge in [-0.3, -0.25) is 4.79 Å². The number of carboxylic acids is 1. The number of halogens is 6. The molecule has 104 valence electrons. The van der Waals surface area contributed by atoms with E-state index in [1.165, 1.54) is 0 Å². The van der Waals surface area contributed by atoms with Crippen molar-refractivity contribution in [2.45, 2.75) is 30.7 Å². The molecule has 1 aliphatic heterocycles. The van der Waals surface area contributed by atoms with Gasteiger partial charge in [-0.05, 0) is 0 Å². The first kappa shape index (κ1) is 14.5. The average Bonchev–Trinajstić information content (AvgIpc) is 2.41. The molecule has 1 fully saturated rings. The van der Waals surface area contributed by atoms with Gasteiger partial charge in [0.2, 0.25) is 0 Å². The number of esters is 1. The first-order valence-electron chi connectivity index (χ1n) is 4.16. The Morgan fingerprint density at radius 2 is 1.67 bits per heavy atom. The first-order valence-corrected chi connectivity index (χ1v) is 4.16. The van der Waals surface area contributed by atoms with E-state index in [0.29, 0.717) is 0 Å². The summed E-state index contributed by atoms with van der Waals surface area (Å²) in [5.74, 6) is -8.96. The van der Waals surface area contributed by atoms with E-state index in [-0.39, 0.29) is 0 Å². The zero-order chi connectivity index (χ0) is 14.4. The lowest BCUT2D eigenvalue weighted by molar-refractivity contribution is -0.439. The third kappa shape index (κ3) is 2.21. The quantitative estimate of drug-likeness (QED) is 0.609. The van der Waals surface area contributed by atoms with E-state index in [2.05, 4.69) is 9.47 Å². The Balaban J connectivity index is 3.12. The fraction of sp³-hybridized carbons (Fsp3) is 0.714. The van der Waals surface area contributed by atoms with Gasteiger partial charge in [0, 0.05) is 0 Å². The number of hydrogen-bond donors (Lipinski definition) is 1. The number of hydrogen-bond acceptors (Lipinski definition) is 4. The van der Waals surface area contributed by atoms with Crippen molar-refractivity contribution in [3.05, 3.63) is 0 Å². The van der Waals surface area contributed by atoms with Gasteiger partial charge in [-0.15, -0.1) is 0 Å². The summed E-state index contributed by atoms with van der Waals surface area (Å²) in [6.07, 6.45) is -16.0. The Hall–Kier alpha value is -1.52. The molecule has 0 spiro atoms. The van der Waals surface area contributed by atoms with Crippen LogP contribution in [-0.4, -0.2) is 41.3 Å². The number of ether oxygens (including phenoxy) is 2. The van der Waals surface area contributed by atoms with Crippen LogP contribution in [0.15, 0.2) is 0 Å². The minimum atomic E-state index is -6.08. The molecule has 1 aliphatic rings. The standard InChI is InChI=1S/C7H4F6O5/c8-6(9,10)5(7(11,12)13)17-2(1-3(14)15)4(16)18-5/h2H,1H2,(H,14,15)/t2-/m0/s1. The van der Waals surface area contributed by atoms with Crippen molar-refractivity contribution in [3.8, 4) is 0 Å². The van der Waals surface area contributed by atoms with Crippen LogP contribution in [0.2, 0.25) is 0 Å². The van der Waals surface area contributed by atoms with Crippen LogP contribution in [0.1, 0.15) is 6.42 Å². The Labute approximate surface area is 94.3 Å². The second-order valence-electron chi connectivity index (χ2n) is 3.24. The predicted molar refractivity (Wildman–Crippen MR) is 38.1 cm³/mol. The van der Waals surface area contributed by atoms with Crippen LogP contribution in [-0.2, 0) is 19.1 Å². The van der Waals surface area contributed by atoms with Gasteiger partial charge in [0.1, 0.15) is 0 Å². The molecule has 0 aliphatic carbocycles. The highest BCUT2D eigenvalue weighted by molar-refractivity contribution is 5.82. The van der Waals surface area contributed by atoms with Crippen LogP contribution >= 0.6 is 0 Å². The van der Waals surface area contributed by atoms with Gasteiger partial charge in [0.15, 0.2) is 6.10 Å². The van der Waals surface area contributed by atoms with E-state index >= 15 is 0 Å². The van der Waals surface area contributed by atoms with Gasteiger partial charge in [0.25, 0.3) is 0 Å². The summed E-state index contributed by atoms with van der Waals surface area (Å²) >= 11 is 0. The third-order valence-corrected chi connectivity index (χ3v) is 1.92. The summed E-state index contributed by atoms with van der Waals surface area (Å²) in [6.45, 7) is 0. The SMILES string of the molecule is O=C(O)C[C@@H]1OC(C(F)(F)F)(C(F)(F)F)OC1=O. The van der Waals surface area contributed by atoms with Crippen molar-refractivity contribution in [1.82, 2.24) is 0 Å². The van der Waals surface area contributed by atoms with Crippen LogP contribution in [0, 0.1) is 0 Å². The summed E-state index contributed by atoms with van der Waals surface area (Å²) in [7, 11) is 0. The van der Waals surface area contributed by atoms with Crippen LogP contribution in [0.5, 0.6) is 0 Å². The molecule has 5 nitrogen and oxygen atoms in total. The van der Waals surface area contributed by atoms with Crippen molar-refractivity contribution in [1.29, 1.82) is 0 Å². The number of aliphatic carboxylic acids is 1. The van der Waals surface area contributed by atoms with E-state index in [1.54, 1.807) is 0 Å². The van der Waals surface area contributed by atoms with Gasteiger partial charge in [-0.25, -0.2) is 4.79 Å². The molecule has 0 aromatic heterocycles. The Morgan fingerprint density at radius 3 is 1.94 bits per heavy atom. The van der Waals surface area contributed by atoms with Crippen molar-refractivity contribution in [2.75, 3.05) is 0 Å². The van der Waals surface area contributed by atoms with Gasteiger partial charge >= 0.3 is 30.1 Å². The van der Waals surface area contributed by atoms with Crippen molar-refractivity contribution in [3.63, 3.8) is 0 Å². The lowest BCUT2D eigenvalue weighted by atomic mass is 10.2. The molecule has 0 amide bonds. The van der Waals surface area contributed by atoms with E-state index < -0.39 is 42.6 Å². The molecule has 0 saturated carbocycles. The highest BCUT2D eigenvalue weighted by Crippen LogP contribution is 2.50. The zero-order valence-corrected chi connectivity index (χ0v) is 8.13. The highest BCUT2D eigenvalue weighted by atomic mass is 19.4. The van der Waals surface area contributed by atoms with E-state index in [1.807, 2.05) is 0 Å². The molecule has 0 bridgehead atoms. The van der Waals surface area contributed by atoms with Crippen molar-refractivity contribution in [2.24, 2.45) is 0 Å². The summed E-state index contributed by atoms with van der Waals surface area (Å²) in [5.41, 5.74) is 0. The number of carbonyl (C=O) groups excluding carboxylic acids is 1. The number of alkyl halides is 6. The van der Waals surface area contributed by atoms with Crippen molar-refractivity contribution >= 4 is 11.9 Å². The predicted octanol–water partition coefficient (Wildman–Crippen LogP) is 1.22. The van der Waals surface area contributed by atoms with E-state index in [4.69, 9.17) is 5.11 Å². The molecule has 0 aromatic rings. The summed E-state index contributed by atoms with van der Waals surface area (Å²) < 4.78 is 80.7. The molecule has 0 aromatic carbocycles. The molecule has 1 N–H and O–H groups in total. The molecule has 11 heteroatoms. The lowest BCUT2D eigenvalue weighted by Gasteiger charge is -2.30. The topological polar surface area (TPSA) is 72.8 Å². The van der Waals surface area contributed by atoms with Crippen LogP contribution in [0.3, 0.4) is 0 Å². The third-order valence-electron chi connectivity index (χ3n) is 1.92. The fourth-order valence-corrected chi connectivity index (χ4v) is 1.17. The number of carboxylic acid groups (broad SMARTS) is 1. The maximum Gasteiger partial charge on any atom is 0.465 e. The fourth-order valence-electron chi connectivity index (χ4n) is 1.17. The second kappa shape index (κ2) is 4.00. The van der Waals surface area contributed by atoms with E-state index in [0.717, 1.165) is 0 Å². The average molecular weight is 282 g/mol. The molecule has 18 heavy (non-hydrogen) atoms. The lowest BCUT2D eigenvalue weighted by Crippen LogP contribution is -2.58. The van der Waals surface area contributed by atoms with Gasteiger partial charge in [0.05, 0.1) is 6.42 Å². The van der Waals surface area contributed by atoms with Crippen molar-refractivity contribution < 1.29 is 50.5 Å². The number of rotatable bonds is 2. The summed E-state index contributed by atoms with van der Waals surface area (Å²) in [6, 6.07) is 0. The maximum absolute atomic E-state index is 12.3. The first-order chi connectivity index (χ1) is 7.91. The summed E-state index contributed by atoms with van der Waals surface area (Å²) in [4.78, 5) is 21.0. The zero-order valence-electron chi connectivity index (χ0n) is 8.13. The minimum absolute atomic E-state index is 1.37. The smallest absolute Gasteiger partial charge is 0.465 e. The Morgan fingerprint density at radius 1 is 1.22 bits per heavy atom. The number of carbonyl (C=O) groups is 2. The van der Waals surface area contributed by atoms with Gasteiger partial charge in [-0.2, -0.15) is 26.3 Å². The van der Waals surface area contributed by atoms with Crippen LogP contribution < -0.4 is 0 Å². The molecule has 0 radical (unpaired) electrons. The maximum atomic E-state index is 12.3. The normalized spacial score (nSPS) is 23.9. The van der Waals surface area contributed by atoms with Crippen LogP contribution in [0.4, 0.5) is 26.3 Å². The molecular weight excluding hydrogens is 278 g/mol. The van der Waals surface area contributed by atoms with Gasteiger partial charge in [-0.1, -0.05) is 0 Å². The Kier molecular flexibility index (Phi) is 3.23. The number of cyclic esters (lactones) is 1. The molecule has 0 unspecified atom stereocenters. The van der Waals surface area contributed by atoms with Gasteiger partial charge < -0.3 is 14.6 Å². The monoisotopic (exact) mass is 282 g/mol. The Bertz CT molecular complexity index is 358. The van der Waals surface area contributed by atoms with E-state index in [9.17, 15) is 35.9 Å². The summed E-state index contributed by atoms with van der Waals surface area (Å²) in [5, 5.41) is 8.22. The minimum Gasteiger partial charge on any atom is -0.481 e. The molecule has 1 saturated heterocycles. The molecular formula is C7H4F6O5. The largest absolute Gasteiger partial charge is 0.481 e. The molecule has 1 atom stereocenters. The van der Waals surface area contributed by atoms with Crippen LogP contribution in [0.25, 0.3) is 0 Å².